The van der Waals surface area contributed by atoms with E-state index in [9.17, 15) is 4.79 Å². The number of hydrogen-bond donors (Lipinski definition) is 0. The van der Waals surface area contributed by atoms with Crippen LogP contribution < -0.4 is 0 Å². The Hall–Kier alpha value is -2.13. The maximum absolute atomic E-state index is 11.7. The van der Waals surface area contributed by atoms with Gasteiger partial charge in [-0.1, -0.05) is 29.8 Å². The number of allylic oxidation sites excluding steroid dienone is 1. The number of nitrogens with zero attached hydrogens (tertiary/aromatic N) is 1. The lowest BCUT2D eigenvalue weighted by molar-refractivity contribution is -0.137. The highest BCUT2D eigenvalue weighted by atomic mass is 35.5. The molecule has 4 heteroatoms. The van der Waals surface area contributed by atoms with E-state index in [1.807, 2.05) is 42.5 Å². The van der Waals surface area contributed by atoms with Crippen LogP contribution in [0.3, 0.4) is 0 Å². The highest BCUT2D eigenvalue weighted by Gasteiger charge is 2.07. The number of halogens is 1. The number of ether oxygens (including phenoxy) is 1. The van der Waals surface area contributed by atoms with Crippen molar-refractivity contribution in [3.8, 4) is 0 Å². The van der Waals surface area contributed by atoms with Crippen molar-refractivity contribution >= 4 is 23.1 Å². The van der Waals surface area contributed by atoms with E-state index in [0.29, 0.717) is 13.0 Å². The molecule has 0 bridgehead atoms. The number of aryl methyl sites for hydroxylation is 1. The van der Waals surface area contributed by atoms with Crippen molar-refractivity contribution in [2.45, 2.75) is 19.8 Å². The monoisotopic (exact) mass is 315 g/mol. The Morgan fingerprint density at radius 3 is 2.64 bits per heavy atom. The summed E-state index contributed by atoms with van der Waals surface area (Å²) >= 11 is 5.89. The van der Waals surface area contributed by atoms with E-state index in [1.54, 1.807) is 13.1 Å². The molecule has 0 aliphatic heterocycles. The van der Waals surface area contributed by atoms with Crippen LogP contribution in [0.4, 0.5) is 0 Å². The summed E-state index contributed by atoms with van der Waals surface area (Å²) in [5.41, 5.74) is 2.83. The maximum Gasteiger partial charge on any atom is 0.331 e. The molecule has 1 aromatic heterocycles. The summed E-state index contributed by atoms with van der Waals surface area (Å²) in [5.74, 6) is -0.334. The standard InChI is InChI=1S/C18H18ClNO2/c1-2-22-18(21)13-15(17-5-3-4-12-20-17)9-6-14-7-10-16(19)11-8-14/h3-5,7-8,10-13H,2,6,9H2,1H3/b15-13-. The largest absolute Gasteiger partial charge is 0.463 e. The molecular formula is C18H18ClNO2. The van der Waals surface area contributed by atoms with Crippen molar-refractivity contribution < 1.29 is 9.53 Å². The lowest BCUT2D eigenvalue weighted by Crippen LogP contribution is -2.02. The number of hydrogen-bond acceptors (Lipinski definition) is 3. The first-order chi connectivity index (χ1) is 10.7. The normalized spacial score (nSPS) is 11.3. The summed E-state index contributed by atoms with van der Waals surface area (Å²) in [4.78, 5) is 16.1. The number of rotatable bonds is 6. The summed E-state index contributed by atoms with van der Waals surface area (Å²) in [5, 5.41) is 0.718. The number of carbonyl (C=O) groups is 1. The number of aromatic nitrogens is 1. The van der Waals surface area contributed by atoms with Crippen LogP contribution in [-0.2, 0) is 16.0 Å². The minimum atomic E-state index is -0.334. The zero-order valence-electron chi connectivity index (χ0n) is 12.5. The molecule has 0 radical (unpaired) electrons. The lowest BCUT2D eigenvalue weighted by Gasteiger charge is -2.08. The van der Waals surface area contributed by atoms with E-state index in [2.05, 4.69) is 4.98 Å². The van der Waals surface area contributed by atoms with E-state index in [-0.39, 0.29) is 5.97 Å². The Kier molecular flexibility index (Phi) is 6.16. The molecule has 1 heterocycles. The molecule has 2 rings (SSSR count). The Bertz CT molecular complexity index is 636. The van der Waals surface area contributed by atoms with Gasteiger partial charge < -0.3 is 4.74 Å². The Morgan fingerprint density at radius 1 is 1.23 bits per heavy atom. The molecule has 0 N–H and O–H groups in total. The second kappa shape index (κ2) is 8.35. The molecule has 114 valence electrons. The average Bonchev–Trinajstić information content (AvgIpc) is 2.54. The highest BCUT2D eigenvalue weighted by molar-refractivity contribution is 6.30. The Labute approximate surface area is 135 Å². The molecule has 0 unspecified atom stereocenters. The van der Waals surface area contributed by atoms with Crippen LogP contribution in [0, 0.1) is 0 Å². The molecule has 0 amide bonds. The fourth-order valence-corrected chi connectivity index (χ4v) is 2.21. The van der Waals surface area contributed by atoms with Gasteiger partial charge in [0.2, 0.25) is 0 Å². The zero-order valence-corrected chi connectivity index (χ0v) is 13.2. The predicted molar refractivity (Wildman–Crippen MR) is 88.6 cm³/mol. The van der Waals surface area contributed by atoms with Gasteiger partial charge >= 0.3 is 5.97 Å². The van der Waals surface area contributed by atoms with Gasteiger partial charge in [0.05, 0.1) is 12.3 Å². The van der Waals surface area contributed by atoms with Crippen LogP contribution in [0.2, 0.25) is 5.02 Å². The summed E-state index contributed by atoms with van der Waals surface area (Å²) in [6.45, 7) is 2.15. The first-order valence-electron chi connectivity index (χ1n) is 7.22. The van der Waals surface area contributed by atoms with Crippen LogP contribution in [0.15, 0.2) is 54.7 Å². The van der Waals surface area contributed by atoms with E-state index in [1.165, 1.54) is 6.08 Å². The number of carbonyl (C=O) groups excluding carboxylic acids is 1. The molecule has 0 spiro atoms. The molecule has 1 aromatic carbocycles. The van der Waals surface area contributed by atoms with Gasteiger partial charge in [0.1, 0.15) is 0 Å². The smallest absolute Gasteiger partial charge is 0.331 e. The quantitative estimate of drug-likeness (QED) is 0.589. The van der Waals surface area contributed by atoms with Crippen molar-refractivity contribution in [2.24, 2.45) is 0 Å². The first kappa shape index (κ1) is 16.2. The van der Waals surface area contributed by atoms with Gasteiger partial charge in [0.25, 0.3) is 0 Å². The minimum Gasteiger partial charge on any atom is -0.463 e. The topological polar surface area (TPSA) is 39.2 Å². The van der Waals surface area contributed by atoms with Gasteiger partial charge in [-0.15, -0.1) is 0 Å². The fraction of sp³-hybridized carbons (Fsp3) is 0.222. The van der Waals surface area contributed by atoms with Gasteiger partial charge in [0.15, 0.2) is 0 Å². The lowest BCUT2D eigenvalue weighted by atomic mass is 10.0. The molecule has 3 nitrogen and oxygen atoms in total. The molecule has 2 aromatic rings. The number of esters is 1. The van der Waals surface area contributed by atoms with Crippen LogP contribution in [0.25, 0.3) is 5.57 Å². The summed E-state index contributed by atoms with van der Waals surface area (Å²) in [6.07, 6.45) is 4.76. The second-order valence-corrected chi connectivity index (χ2v) is 5.20. The van der Waals surface area contributed by atoms with E-state index in [0.717, 1.165) is 28.3 Å². The van der Waals surface area contributed by atoms with Crippen LogP contribution in [0.5, 0.6) is 0 Å². The minimum absolute atomic E-state index is 0.334. The molecule has 0 saturated carbocycles. The van der Waals surface area contributed by atoms with Crippen molar-refractivity contribution in [1.29, 1.82) is 0 Å². The first-order valence-corrected chi connectivity index (χ1v) is 7.60. The second-order valence-electron chi connectivity index (χ2n) is 4.76. The molecule has 0 atom stereocenters. The molecule has 22 heavy (non-hydrogen) atoms. The Balaban J connectivity index is 2.14. The molecule has 0 aliphatic rings. The van der Waals surface area contributed by atoms with Crippen molar-refractivity contribution in [1.82, 2.24) is 4.98 Å². The maximum atomic E-state index is 11.7. The third kappa shape index (κ3) is 5.01. The van der Waals surface area contributed by atoms with Crippen molar-refractivity contribution in [3.63, 3.8) is 0 Å². The third-order valence-electron chi connectivity index (χ3n) is 3.17. The van der Waals surface area contributed by atoms with Crippen LogP contribution in [0.1, 0.15) is 24.6 Å². The molecular weight excluding hydrogens is 298 g/mol. The average molecular weight is 316 g/mol. The zero-order chi connectivity index (χ0) is 15.8. The summed E-state index contributed by atoms with van der Waals surface area (Å²) in [7, 11) is 0. The molecule has 0 aliphatic carbocycles. The summed E-state index contributed by atoms with van der Waals surface area (Å²) < 4.78 is 5.00. The van der Waals surface area contributed by atoms with Gasteiger partial charge in [-0.25, -0.2) is 4.79 Å². The van der Waals surface area contributed by atoms with E-state index in [4.69, 9.17) is 16.3 Å². The molecule has 0 fully saturated rings. The third-order valence-corrected chi connectivity index (χ3v) is 3.42. The highest BCUT2D eigenvalue weighted by Crippen LogP contribution is 2.20. The Morgan fingerprint density at radius 2 is 2.00 bits per heavy atom. The fourth-order valence-electron chi connectivity index (χ4n) is 2.08. The van der Waals surface area contributed by atoms with Crippen molar-refractivity contribution in [3.05, 3.63) is 71.0 Å². The van der Waals surface area contributed by atoms with Gasteiger partial charge in [-0.2, -0.15) is 0 Å². The number of benzene rings is 1. The van der Waals surface area contributed by atoms with E-state index < -0.39 is 0 Å². The van der Waals surface area contributed by atoms with Crippen LogP contribution in [-0.4, -0.2) is 17.6 Å². The van der Waals surface area contributed by atoms with E-state index >= 15 is 0 Å². The number of pyridine rings is 1. The summed E-state index contributed by atoms with van der Waals surface area (Å²) in [6, 6.07) is 13.4. The molecule has 0 saturated heterocycles. The van der Waals surface area contributed by atoms with Crippen molar-refractivity contribution in [2.75, 3.05) is 6.61 Å². The van der Waals surface area contributed by atoms with Gasteiger partial charge in [0, 0.05) is 17.3 Å². The van der Waals surface area contributed by atoms with Gasteiger partial charge in [-0.3, -0.25) is 4.98 Å². The van der Waals surface area contributed by atoms with Crippen LogP contribution >= 0.6 is 11.6 Å². The SMILES string of the molecule is CCOC(=O)/C=C(/CCc1ccc(Cl)cc1)c1ccccn1. The predicted octanol–water partition coefficient (Wildman–Crippen LogP) is 4.31. The van der Waals surface area contributed by atoms with Gasteiger partial charge in [-0.05, 0) is 55.2 Å².